The molecule has 0 bridgehead atoms. The Morgan fingerprint density at radius 3 is 2.47 bits per heavy atom. The average molecular weight is 343 g/mol. The molecule has 1 saturated carbocycles. The van der Waals surface area contributed by atoms with Gasteiger partial charge in [0, 0.05) is 16.5 Å². The van der Waals surface area contributed by atoms with Crippen LogP contribution in [-0.4, -0.2) is 29.6 Å². The lowest BCUT2D eigenvalue weighted by molar-refractivity contribution is 0.0924. The second-order valence-electron chi connectivity index (χ2n) is 6.02. The van der Waals surface area contributed by atoms with Gasteiger partial charge in [-0.1, -0.05) is 12.8 Å². The quantitative estimate of drug-likeness (QED) is 0.901. The van der Waals surface area contributed by atoms with Crippen molar-refractivity contribution in [2.75, 3.05) is 13.1 Å². The maximum atomic E-state index is 6.68. The Labute approximate surface area is 128 Å². The fraction of sp³-hybridized carbons (Fsp3) is 0.733. The zero-order valence-electron chi connectivity index (χ0n) is 11.4. The van der Waals surface area contributed by atoms with Gasteiger partial charge in [0.05, 0.1) is 3.79 Å². The summed E-state index contributed by atoms with van der Waals surface area (Å²) in [5, 5.41) is 0. The maximum Gasteiger partial charge on any atom is 0.0701 e. The molecule has 0 amide bonds. The molecule has 1 unspecified atom stereocenters. The normalized spacial score (nSPS) is 24.9. The van der Waals surface area contributed by atoms with Crippen LogP contribution in [0.15, 0.2) is 15.9 Å². The molecule has 1 saturated heterocycles. The minimum Gasteiger partial charge on any atom is -0.326 e. The molecule has 2 fully saturated rings. The minimum atomic E-state index is 0.290. The number of likely N-dealkylation sites (tertiary alicyclic amines) is 1. The minimum absolute atomic E-state index is 0.290. The van der Waals surface area contributed by atoms with Crippen molar-refractivity contribution in [1.29, 1.82) is 0 Å². The Balaban J connectivity index is 1.75. The molecule has 2 nitrogen and oxygen atoms in total. The molecule has 3 rings (SSSR count). The zero-order valence-corrected chi connectivity index (χ0v) is 13.8. The fourth-order valence-corrected chi connectivity index (χ4v) is 5.48. The van der Waals surface area contributed by atoms with E-state index in [0.29, 0.717) is 11.6 Å². The highest BCUT2D eigenvalue weighted by Crippen LogP contribution is 2.40. The monoisotopic (exact) mass is 342 g/mol. The van der Waals surface area contributed by atoms with E-state index in [2.05, 4.69) is 33.0 Å². The highest BCUT2D eigenvalue weighted by molar-refractivity contribution is 9.11. The second-order valence-corrected chi connectivity index (χ2v) is 8.57. The number of nitrogens with zero attached hydrogens (tertiary/aromatic N) is 1. The lowest BCUT2D eigenvalue weighted by Gasteiger charge is -2.43. The summed E-state index contributed by atoms with van der Waals surface area (Å²) in [4.78, 5) is 4.14. The molecule has 1 aromatic heterocycles. The highest BCUT2D eigenvalue weighted by atomic mass is 79.9. The molecule has 1 aliphatic carbocycles. The van der Waals surface area contributed by atoms with Crippen molar-refractivity contribution in [3.63, 3.8) is 0 Å². The van der Waals surface area contributed by atoms with Crippen molar-refractivity contribution in [2.45, 2.75) is 56.5 Å². The molecule has 4 heteroatoms. The summed E-state index contributed by atoms with van der Waals surface area (Å²) in [6, 6.07) is 4.66. The molecule has 1 aromatic rings. The summed E-state index contributed by atoms with van der Waals surface area (Å²) in [6.07, 6.45) is 9.09. The Hall–Kier alpha value is 0.1000. The average Bonchev–Trinajstić information content (AvgIpc) is 3.09. The van der Waals surface area contributed by atoms with Gasteiger partial charge in [-0.2, -0.15) is 0 Å². The molecule has 2 N–H and O–H groups in total. The van der Waals surface area contributed by atoms with Crippen LogP contribution < -0.4 is 5.73 Å². The van der Waals surface area contributed by atoms with Gasteiger partial charge >= 0.3 is 0 Å². The molecule has 106 valence electrons. The van der Waals surface area contributed by atoms with Gasteiger partial charge in [0.25, 0.3) is 0 Å². The molecule has 1 atom stereocenters. The standard InChI is InChI=1S/C15H23BrN2S/c16-14-6-5-12(19-14)11-13(17)15(7-1-2-8-15)18-9-3-4-10-18/h5-6,13H,1-4,7-11,17H2. The number of halogens is 1. The van der Waals surface area contributed by atoms with Crippen molar-refractivity contribution in [2.24, 2.45) is 5.73 Å². The van der Waals surface area contributed by atoms with Crippen LogP contribution in [0.25, 0.3) is 0 Å². The number of nitrogens with two attached hydrogens (primary N) is 1. The van der Waals surface area contributed by atoms with Gasteiger partial charge < -0.3 is 5.73 Å². The SMILES string of the molecule is NC(Cc1ccc(Br)s1)C1(N2CCCC2)CCCC1. The van der Waals surface area contributed by atoms with Crippen LogP contribution in [0, 0.1) is 0 Å². The van der Waals surface area contributed by atoms with Crippen LogP contribution in [0.1, 0.15) is 43.4 Å². The van der Waals surface area contributed by atoms with E-state index in [0.717, 1.165) is 6.42 Å². The van der Waals surface area contributed by atoms with Crippen LogP contribution >= 0.6 is 27.3 Å². The molecule has 1 aliphatic heterocycles. The van der Waals surface area contributed by atoms with E-state index in [1.165, 1.54) is 60.3 Å². The van der Waals surface area contributed by atoms with Crippen LogP contribution in [0.2, 0.25) is 0 Å². The van der Waals surface area contributed by atoms with E-state index in [1.807, 2.05) is 11.3 Å². The lowest BCUT2D eigenvalue weighted by Crippen LogP contribution is -2.58. The number of rotatable bonds is 4. The third-order valence-electron chi connectivity index (χ3n) is 4.95. The molecular weight excluding hydrogens is 320 g/mol. The predicted molar refractivity (Wildman–Crippen MR) is 85.7 cm³/mol. The fourth-order valence-electron chi connectivity index (χ4n) is 3.94. The van der Waals surface area contributed by atoms with Gasteiger partial charge in [0.1, 0.15) is 0 Å². The Morgan fingerprint density at radius 1 is 1.21 bits per heavy atom. The zero-order chi connectivity index (χ0) is 13.3. The third kappa shape index (κ3) is 2.78. The number of hydrogen-bond donors (Lipinski definition) is 1. The maximum absolute atomic E-state index is 6.68. The van der Waals surface area contributed by atoms with Crippen molar-refractivity contribution >= 4 is 27.3 Å². The summed E-state index contributed by atoms with van der Waals surface area (Å²) in [7, 11) is 0. The summed E-state index contributed by atoms with van der Waals surface area (Å²) in [5.74, 6) is 0. The largest absolute Gasteiger partial charge is 0.326 e. The number of thiophene rings is 1. The second kappa shape index (κ2) is 5.84. The van der Waals surface area contributed by atoms with E-state index in [1.54, 1.807) is 0 Å². The molecular formula is C15H23BrN2S. The Bertz CT molecular complexity index is 420. The summed E-state index contributed by atoms with van der Waals surface area (Å²) in [6.45, 7) is 2.53. The Morgan fingerprint density at radius 2 is 1.89 bits per heavy atom. The van der Waals surface area contributed by atoms with E-state index >= 15 is 0 Å². The van der Waals surface area contributed by atoms with Gasteiger partial charge in [-0.15, -0.1) is 11.3 Å². The lowest BCUT2D eigenvalue weighted by atomic mass is 9.84. The van der Waals surface area contributed by atoms with Gasteiger partial charge in [0.2, 0.25) is 0 Å². The van der Waals surface area contributed by atoms with E-state index in [4.69, 9.17) is 5.73 Å². The number of hydrogen-bond acceptors (Lipinski definition) is 3. The smallest absolute Gasteiger partial charge is 0.0701 e. The van der Waals surface area contributed by atoms with Gasteiger partial charge in [-0.05, 0) is 73.3 Å². The summed E-state index contributed by atoms with van der Waals surface area (Å²) >= 11 is 5.39. The predicted octanol–water partition coefficient (Wildman–Crippen LogP) is 3.79. The first-order valence-corrected chi connectivity index (χ1v) is 9.06. The highest BCUT2D eigenvalue weighted by Gasteiger charge is 2.45. The molecule has 19 heavy (non-hydrogen) atoms. The van der Waals surface area contributed by atoms with Crippen molar-refractivity contribution in [1.82, 2.24) is 4.90 Å². The van der Waals surface area contributed by atoms with Crippen LogP contribution in [0.3, 0.4) is 0 Å². The summed E-state index contributed by atoms with van der Waals surface area (Å²) in [5.41, 5.74) is 6.98. The van der Waals surface area contributed by atoms with Gasteiger partial charge in [-0.3, -0.25) is 4.90 Å². The first-order chi connectivity index (χ1) is 9.21. The molecule has 0 radical (unpaired) electrons. The van der Waals surface area contributed by atoms with Crippen molar-refractivity contribution < 1.29 is 0 Å². The van der Waals surface area contributed by atoms with Crippen LogP contribution in [0.5, 0.6) is 0 Å². The summed E-state index contributed by atoms with van der Waals surface area (Å²) < 4.78 is 1.22. The topological polar surface area (TPSA) is 29.3 Å². The Kier molecular flexibility index (Phi) is 4.32. The third-order valence-corrected chi connectivity index (χ3v) is 6.59. The first-order valence-electron chi connectivity index (χ1n) is 7.45. The van der Waals surface area contributed by atoms with Gasteiger partial charge in [-0.25, -0.2) is 0 Å². The van der Waals surface area contributed by atoms with E-state index in [9.17, 15) is 0 Å². The molecule has 2 heterocycles. The molecule has 0 aromatic carbocycles. The van der Waals surface area contributed by atoms with Crippen molar-refractivity contribution in [3.05, 3.63) is 20.8 Å². The first kappa shape index (κ1) is 14.1. The van der Waals surface area contributed by atoms with Gasteiger partial charge in [0.15, 0.2) is 0 Å². The molecule has 2 aliphatic rings. The van der Waals surface area contributed by atoms with E-state index < -0.39 is 0 Å². The van der Waals surface area contributed by atoms with Crippen molar-refractivity contribution in [3.8, 4) is 0 Å². The van der Waals surface area contributed by atoms with Crippen LogP contribution in [-0.2, 0) is 6.42 Å². The van der Waals surface area contributed by atoms with E-state index in [-0.39, 0.29) is 0 Å². The molecule has 0 spiro atoms. The van der Waals surface area contributed by atoms with Crippen LogP contribution in [0.4, 0.5) is 0 Å².